The molecule has 0 unspecified atom stereocenters. The maximum absolute atomic E-state index is 5.69. The molecule has 0 radical (unpaired) electrons. The first-order valence-corrected chi connectivity index (χ1v) is 7.33. The van der Waals surface area contributed by atoms with E-state index in [1.165, 1.54) is 12.0 Å². The summed E-state index contributed by atoms with van der Waals surface area (Å²) in [7, 11) is 0. The van der Waals surface area contributed by atoms with Crippen LogP contribution in [0.5, 0.6) is 0 Å². The second-order valence-electron chi connectivity index (χ2n) is 5.11. The molecule has 1 heterocycles. The third-order valence-electron chi connectivity index (χ3n) is 3.95. The minimum Gasteiger partial charge on any atom is -0.339 e. The van der Waals surface area contributed by atoms with Gasteiger partial charge < -0.3 is 4.52 Å². The molecule has 0 atom stereocenters. The van der Waals surface area contributed by atoms with Gasteiger partial charge in [-0.1, -0.05) is 41.9 Å². The van der Waals surface area contributed by atoms with Crippen LogP contribution in [0, 0.1) is 0 Å². The van der Waals surface area contributed by atoms with Gasteiger partial charge in [0.25, 0.3) is 0 Å². The highest BCUT2D eigenvalue weighted by molar-refractivity contribution is 6.17. The number of aromatic nitrogens is 2. The Hall–Kier alpha value is -1.35. The number of aryl methyl sites for hydroxylation is 1. The second-order valence-corrected chi connectivity index (χ2v) is 5.48. The highest BCUT2D eigenvalue weighted by Gasteiger charge is 2.44. The molecular weight excluding hydrogens is 260 g/mol. The number of rotatable bonds is 5. The van der Waals surface area contributed by atoms with Crippen LogP contribution >= 0.6 is 11.6 Å². The lowest BCUT2D eigenvalue weighted by Gasteiger charge is -2.39. The van der Waals surface area contributed by atoms with Crippen LogP contribution in [0.15, 0.2) is 34.9 Å². The molecule has 1 saturated carbocycles. The Morgan fingerprint density at radius 1 is 1.21 bits per heavy atom. The molecule has 3 nitrogen and oxygen atoms in total. The Morgan fingerprint density at radius 3 is 2.63 bits per heavy atom. The number of benzene rings is 1. The van der Waals surface area contributed by atoms with Crippen LogP contribution in [0.4, 0.5) is 0 Å². The molecule has 3 rings (SSSR count). The molecule has 1 aromatic carbocycles. The fourth-order valence-corrected chi connectivity index (χ4v) is 2.83. The Balaban J connectivity index is 1.88. The number of alkyl halides is 1. The van der Waals surface area contributed by atoms with E-state index in [1.54, 1.807) is 0 Å². The van der Waals surface area contributed by atoms with Crippen molar-refractivity contribution in [1.29, 1.82) is 0 Å². The third-order valence-corrected chi connectivity index (χ3v) is 4.22. The molecule has 1 aliphatic rings. The molecule has 0 amide bonds. The Labute approximate surface area is 118 Å². The summed E-state index contributed by atoms with van der Waals surface area (Å²) < 4.78 is 5.35. The number of hydrogen-bond acceptors (Lipinski definition) is 3. The Kier molecular flexibility index (Phi) is 3.56. The summed E-state index contributed by atoms with van der Waals surface area (Å²) in [6.07, 6.45) is 5.07. The van der Waals surface area contributed by atoms with Crippen molar-refractivity contribution in [1.82, 2.24) is 10.1 Å². The highest BCUT2D eigenvalue weighted by atomic mass is 35.5. The second kappa shape index (κ2) is 5.33. The summed E-state index contributed by atoms with van der Waals surface area (Å²) >= 11 is 5.69. The first-order valence-electron chi connectivity index (χ1n) is 6.80. The SMILES string of the molecule is ClCCCc1nc(C2(c3ccccc3)CCC2)no1. The van der Waals surface area contributed by atoms with E-state index in [0.717, 1.165) is 31.5 Å². The molecule has 0 aliphatic heterocycles. The minimum absolute atomic E-state index is 0.0238. The summed E-state index contributed by atoms with van der Waals surface area (Å²) in [5.74, 6) is 2.18. The molecule has 100 valence electrons. The van der Waals surface area contributed by atoms with Gasteiger partial charge in [-0.25, -0.2) is 0 Å². The molecular formula is C15H17ClN2O. The van der Waals surface area contributed by atoms with Crippen LogP contribution < -0.4 is 0 Å². The average molecular weight is 277 g/mol. The van der Waals surface area contributed by atoms with Crippen LogP contribution in [0.1, 0.15) is 43.0 Å². The highest BCUT2D eigenvalue weighted by Crippen LogP contribution is 2.47. The lowest BCUT2D eigenvalue weighted by atomic mass is 9.64. The van der Waals surface area contributed by atoms with Crippen LogP contribution in [-0.2, 0) is 11.8 Å². The predicted octanol–water partition coefficient (Wildman–Crippen LogP) is 3.71. The average Bonchev–Trinajstić information content (AvgIpc) is 2.85. The van der Waals surface area contributed by atoms with Gasteiger partial charge in [0.2, 0.25) is 5.89 Å². The van der Waals surface area contributed by atoms with Crippen molar-refractivity contribution in [2.45, 2.75) is 37.5 Å². The first kappa shape index (κ1) is 12.7. The number of halogens is 1. The normalized spacial score (nSPS) is 17.1. The summed E-state index contributed by atoms with van der Waals surface area (Å²) in [5.41, 5.74) is 1.27. The summed E-state index contributed by atoms with van der Waals surface area (Å²) in [4.78, 5) is 4.58. The summed E-state index contributed by atoms with van der Waals surface area (Å²) in [6.45, 7) is 0. The van der Waals surface area contributed by atoms with Crippen molar-refractivity contribution < 1.29 is 4.52 Å². The van der Waals surface area contributed by atoms with Crippen LogP contribution in [0.2, 0.25) is 0 Å². The summed E-state index contributed by atoms with van der Waals surface area (Å²) in [6, 6.07) is 10.5. The molecule has 0 spiro atoms. The molecule has 2 aromatic rings. The monoisotopic (exact) mass is 276 g/mol. The molecule has 0 saturated heterocycles. The molecule has 1 aliphatic carbocycles. The number of nitrogens with zero attached hydrogens (tertiary/aromatic N) is 2. The zero-order valence-corrected chi connectivity index (χ0v) is 11.6. The van der Waals surface area contributed by atoms with E-state index in [1.807, 2.05) is 6.07 Å². The van der Waals surface area contributed by atoms with Crippen molar-refractivity contribution in [3.63, 3.8) is 0 Å². The van der Waals surface area contributed by atoms with E-state index in [-0.39, 0.29) is 5.41 Å². The smallest absolute Gasteiger partial charge is 0.226 e. The van der Waals surface area contributed by atoms with Crippen molar-refractivity contribution in [3.8, 4) is 0 Å². The van der Waals surface area contributed by atoms with Gasteiger partial charge in [0.1, 0.15) is 0 Å². The summed E-state index contributed by atoms with van der Waals surface area (Å²) in [5, 5.41) is 4.21. The van der Waals surface area contributed by atoms with E-state index in [4.69, 9.17) is 16.1 Å². The Morgan fingerprint density at radius 2 is 2.00 bits per heavy atom. The maximum Gasteiger partial charge on any atom is 0.226 e. The fraction of sp³-hybridized carbons (Fsp3) is 0.467. The van der Waals surface area contributed by atoms with E-state index < -0.39 is 0 Å². The fourth-order valence-electron chi connectivity index (χ4n) is 2.70. The van der Waals surface area contributed by atoms with Crippen LogP contribution in [0.25, 0.3) is 0 Å². The molecule has 4 heteroatoms. The van der Waals surface area contributed by atoms with Crippen molar-refractivity contribution in [2.24, 2.45) is 0 Å². The van der Waals surface area contributed by atoms with Gasteiger partial charge in [0, 0.05) is 12.3 Å². The first-order chi connectivity index (χ1) is 9.35. The van der Waals surface area contributed by atoms with Crippen molar-refractivity contribution >= 4 is 11.6 Å². The van der Waals surface area contributed by atoms with Crippen LogP contribution in [-0.4, -0.2) is 16.0 Å². The molecule has 1 aromatic heterocycles. The van der Waals surface area contributed by atoms with E-state index in [0.29, 0.717) is 11.8 Å². The van der Waals surface area contributed by atoms with Gasteiger partial charge in [-0.15, -0.1) is 11.6 Å². The molecule has 0 N–H and O–H groups in total. The topological polar surface area (TPSA) is 38.9 Å². The zero-order chi connectivity index (χ0) is 13.1. The predicted molar refractivity (Wildman–Crippen MR) is 74.4 cm³/mol. The van der Waals surface area contributed by atoms with Gasteiger partial charge in [0.15, 0.2) is 5.82 Å². The van der Waals surface area contributed by atoms with Crippen molar-refractivity contribution in [3.05, 3.63) is 47.6 Å². The van der Waals surface area contributed by atoms with Gasteiger partial charge in [-0.3, -0.25) is 0 Å². The van der Waals surface area contributed by atoms with Gasteiger partial charge in [0.05, 0.1) is 5.41 Å². The maximum atomic E-state index is 5.69. The van der Waals surface area contributed by atoms with Crippen LogP contribution in [0.3, 0.4) is 0 Å². The van der Waals surface area contributed by atoms with Crippen molar-refractivity contribution in [2.75, 3.05) is 5.88 Å². The quantitative estimate of drug-likeness (QED) is 0.782. The largest absolute Gasteiger partial charge is 0.339 e. The molecule has 0 bridgehead atoms. The van der Waals surface area contributed by atoms with E-state index in [9.17, 15) is 0 Å². The van der Waals surface area contributed by atoms with E-state index in [2.05, 4.69) is 34.4 Å². The standard InChI is InChI=1S/C15H17ClN2O/c16-11-4-8-13-17-14(18-19-13)15(9-5-10-15)12-6-2-1-3-7-12/h1-3,6-7H,4-5,8-11H2. The van der Waals surface area contributed by atoms with Gasteiger partial charge >= 0.3 is 0 Å². The molecule has 1 fully saturated rings. The minimum atomic E-state index is -0.0238. The van der Waals surface area contributed by atoms with Gasteiger partial charge in [-0.2, -0.15) is 4.98 Å². The van der Waals surface area contributed by atoms with E-state index >= 15 is 0 Å². The zero-order valence-electron chi connectivity index (χ0n) is 10.8. The lowest BCUT2D eigenvalue weighted by Crippen LogP contribution is -2.36. The third kappa shape index (κ3) is 2.27. The number of hydrogen-bond donors (Lipinski definition) is 0. The molecule has 19 heavy (non-hydrogen) atoms. The Bertz CT molecular complexity index is 534. The van der Waals surface area contributed by atoms with Gasteiger partial charge in [-0.05, 0) is 24.8 Å². The lowest BCUT2D eigenvalue weighted by molar-refractivity contribution is 0.271.